The van der Waals surface area contributed by atoms with Crippen LogP contribution in [0.15, 0.2) is 12.1 Å². The highest BCUT2D eigenvalue weighted by Crippen LogP contribution is 2.35. The van der Waals surface area contributed by atoms with Crippen molar-refractivity contribution < 1.29 is 24.1 Å². The number of benzene rings is 1. The molecule has 0 aliphatic rings. The van der Waals surface area contributed by atoms with Gasteiger partial charge in [0.05, 0.1) is 34.0 Å². The number of aliphatic hydroxyl groups is 1. The van der Waals surface area contributed by atoms with Gasteiger partial charge in [0, 0.05) is 6.07 Å². The Balaban J connectivity index is 2.63. The topological polar surface area (TPSA) is 57.2 Å². The summed E-state index contributed by atoms with van der Waals surface area (Å²) in [6.45, 7) is 3.10. The maximum Gasteiger partial charge on any atom is 0.164 e. The van der Waals surface area contributed by atoms with E-state index in [-0.39, 0.29) is 6.61 Å². The summed E-state index contributed by atoms with van der Waals surface area (Å²) in [4.78, 5) is 0. The van der Waals surface area contributed by atoms with Crippen molar-refractivity contribution in [3.8, 4) is 17.2 Å². The van der Waals surface area contributed by atoms with E-state index in [1.807, 2.05) is 13.0 Å². The van der Waals surface area contributed by atoms with Crippen LogP contribution in [0.1, 0.15) is 5.56 Å². The first kappa shape index (κ1) is 14.6. The minimum Gasteiger partial charge on any atom is -0.497 e. The van der Waals surface area contributed by atoms with Crippen LogP contribution in [0.25, 0.3) is 0 Å². The maximum absolute atomic E-state index is 8.57. The lowest BCUT2D eigenvalue weighted by molar-refractivity contribution is 0.0697. The molecule has 0 aliphatic carbocycles. The number of aryl methyl sites for hydroxylation is 1. The van der Waals surface area contributed by atoms with Crippen molar-refractivity contribution in [1.29, 1.82) is 0 Å². The van der Waals surface area contributed by atoms with E-state index in [4.69, 9.17) is 24.1 Å². The molecule has 0 bridgehead atoms. The molecule has 0 aromatic heterocycles. The first-order chi connectivity index (χ1) is 8.72. The van der Waals surface area contributed by atoms with Crippen LogP contribution >= 0.6 is 0 Å². The SMILES string of the molecule is COc1cc(C)c(OCCOCCO)c(OC)c1. The number of hydrogen-bond acceptors (Lipinski definition) is 5. The number of rotatable bonds is 8. The van der Waals surface area contributed by atoms with Crippen molar-refractivity contribution in [2.24, 2.45) is 0 Å². The Kier molecular flexibility index (Phi) is 6.32. The molecule has 0 unspecified atom stereocenters. The summed E-state index contributed by atoms with van der Waals surface area (Å²) in [6.07, 6.45) is 0. The molecule has 102 valence electrons. The summed E-state index contributed by atoms with van der Waals surface area (Å²) in [5.74, 6) is 2.05. The van der Waals surface area contributed by atoms with Crippen molar-refractivity contribution in [3.63, 3.8) is 0 Å². The van der Waals surface area contributed by atoms with E-state index in [0.717, 1.165) is 11.3 Å². The molecule has 0 aliphatic heterocycles. The fraction of sp³-hybridized carbons (Fsp3) is 0.538. The van der Waals surface area contributed by atoms with E-state index in [2.05, 4.69) is 0 Å². The monoisotopic (exact) mass is 256 g/mol. The lowest BCUT2D eigenvalue weighted by Crippen LogP contribution is -2.10. The highest BCUT2D eigenvalue weighted by atomic mass is 16.5. The largest absolute Gasteiger partial charge is 0.497 e. The second-order valence-corrected chi connectivity index (χ2v) is 3.66. The number of ether oxygens (including phenoxy) is 4. The number of aliphatic hydroxyl groups excluding tert-OH is 1. The van der Waals surface area contributed by atoms with Crippen molar-refractivity contribution in [3.05, 3.63) is 17.7 Å². The van der Waals surface area contributed by atoms with E-state index in [1.54, 1.807) is 20.3 Å². The van der Waals surface area contributed by atoms with Gasteiger partial charge in [-0.15, -0.1) is 0 Å². The summed E-state index contributed by atoms with van der Waals surface area (Å²) in [7, 11) is 3.20. The lowest BCUT2D eigenvalue weighted by Gasteiger charge is -2.14. The van der Waals surface area contributed by atoms with Gasteiger partial charge in [-0.1, -0.05) is 0 Å². The lowest BCUT2D eigenvalue weighted by atomic mass is 10.2. The Bertz CT molecular complexity index is 365. The molecule has 1 aromatic rings. The normalized spacial score (nSPS) is 10.2. The van der Waals surface area contributed by atoms with Crippen molar-refractivity contribution >= 4 is 0 Å². The number of methoxy groups -OCH3 is 2. The molecule has 0 fully saturated rings. The van der Waals surface area contributed by atoms with E-state index < -0.39 is 0 Å². The first-order valence-electron chi connectivity index (χ1n) is 5.77. The molecule has 5 nitrogen and oxygen atoms in total. The molecule has 18 heavy (non-hydrogen) atoms. The molecule has 0 amide bonds. The zero-order valence-electron chi connectivity index (χ0n) is 11.1. The third-order valence-electron chi connectivity index (χ3n) is 2.38. The molecule has 0 radical (unpaired) electrons. The Morgan fingerprint density at radius 3 is 2.44 bits per heavy atom. The Morgan fingerprint density at radius 2 is 1.83 bits per heavy atom. The summed E-state index contributed by atoms with van der Waals surface area (Å²) in [5, 5.41) is 8.57. The summed E-state index contributed by atoms with van der Waals surface area (Å²) >= 11 is 0. The van der Waals surface area contributed by atoms with Crippen molar-refractivity contribution in [2.75, 3.05) is 40.6 Å². The third-order valence-corrected chi connectivity index (χ3v) is 2.38. The van der Waals surface area contributed by atoms with Crippen molar-refractivity contribution in [1.82, 2.24) is 0 Å². The van der Waals surface area contributed by atoms with Crippen LogP contribution in [0.5, 0.6) is 17.2 Å². The Labute approximate surface area is 107 Å². The summed E-state index contributed by atoms with van der Waals surface area (Å²) in [5.41, 5.74) is 0.938. The average molecular weight is 256 g/mol. The second kappa shape index (κ2) is 7.79. The molecule has 0 saturated heterocycles. The van der Waals surface area contributed by atoms with E-state index >= 15 is 0 Å². The molecule has 1 rings (SSSR count). The zero-order valence-corrected chi connectivity index (χ0v) is 11.1. The standard InChI is InChI=1S/C13H20O5/c1-10-8-11(15-2)9-12(16-3)13(10)18-7-6-17-5-4-14/h8-9,14H,4-7H2,1-3H3. The van der Waals surface area contributed by atoms with Gasteiger partial charge in [-0.25, -0.2) is 0 Å². The molecule has 1 aromatic carbocycles. The predicted molar refractivity (Wildman–Crippen MR) is 67.7 cm³/mol. The van der Waals surface area contributed by atoms with Crippen LogP contribution in [0.4, 0.5) is 0 Å². The van der Waals surface area contributed by atoms with Gasteiger partial charge in [0.2, 0.25) is 0 Å². The van der Waals surface area contributed by atoms with Gasteiger partial charge in [-0.05, 0) is 18.6 Å². The predicted octanol–water partition coefficient (Wildman–Crippen LogP) is 1.40. The maximum atomic E-state index is 8.57. The highest BCUT2D eigenvalue weighted by Gasteiger charge is 2.10. The molecular weight excluding hydrogens is 236 g/mol. The van der Waals surface area contributed by atoms with Crippen LogP contribution in [-0.4, -0.2) is 45.8 Å². The van der Waals surface area contributed by atoms with Gasteiger partial charge >= 0.3 is 0 Å². The van der Waals surface area contributed by atoms with Crippen LogP contribution in [-0.2, 0) is 4.74 Å². The molecule has 0 heterocycles. The first-order valence-corrected chi connectivity index (χ1v) is 5.77. The van der Waals surface area contributed by atoms with Gasteiger partial charge in [0.15, 0.2) is 11.5 Å². The van der Waals surface area contributed by atoms with E-state index in [9.17, 15) is 0 Å². The van der Waals surface area contributed by atoms with Crippen LogP contribution in [0.2, 0.25) is 0 Å². The van der Waals surface area contributed by atoms with Crippen molar-refractivity contribution in [2.45, 2.75) is 6.92 Å². The second-order valence-electron chi connectivity index (χ2n) is 3.66. The summed E-state index contributed by atoms with van der Waals surface area (Å²) < 4.78 is 21.2. The highest BCUT2D eigenvalue weighted by molar-refractivity contribution is 5.51. The smallest absolute Gasteiger partial charge is 0.164 e. The molecule has 5 heteroatoms. The quantitative estimate of drug-likeness (QED) is 0.712. The minimum absolute atomic E-state index is 0.0187. The molecular formula is C13H20O5. The van der Waals surface area contributed by atoms with Gasteiger partial charge in [-0.2, -0.15) is 0 Å². The summed E-state index contributed by atoms with van der Waals surface area (Å²) in [6, 6.07) is 3.66. The number of hydrogen-bond donors (Lipinski definition) is 1. The van der Waals surface area contributed by atoms with Crippen LogP contribution in [0.3, 0.4) is 0 Å². The third kappa shape index (κ3) is 4.09. The Morgan fingerprint density at radius 1 is 1.06 bits per heavy atom. The van der Waals surface area contributed by atoms with E-state index in [0.29, 0.717) is 31.3 Å². The fourth-order valence-corrected chi connectivity index (χ4v) is 1.53. The average Bonchev–Trinajstić information content (AvgIpc) is 2.39. The Hall–Kier alpha value is -1.46. The molecule has 0 saturated carbocycles. The van der Waals surface area contributed by atoms with Gasteiger partial charge < -0.3 is 24.1 Å². The molecule has 0 atom stereocenters. The van der Waals surface area contributed by atoms with E-state index in [1.165, 1.54) is 0 Å². The van der Waals surface area contributed by atoms with Gasteiger partial charge in [0.25, 0.3) is 0 Å². The molecule has 1 N–H and O–H groups in total. The van der Waals surface area contributed by atoms with Crippen LogP contribution in [0, 0.1) is 6.92 Å². The zero-order chi connectivity index (χ0) is 13.4. The minimum atomic E-state index is 0.0187. The van der Waals surface area contributed by atoms with Crippen LogP contribution < -0.4 is 14.2 Å². The molecule has 0 spiro atoms. The fourth-order valence-electron chi connectivity index (χ4n) is 1.53. The van der Waals surface area contributed by atoms with Gasteiger partial charge in [-0.3, -0.25) is 0 Å². The van der Waals surface area contributed by atoms with Gasteiger partial charge in [0.1, 0.15) is 12.4 Å².